The van der Waals surface area contributed by atoms with Crippen molar-refractivity contribution in [2.24, 2.45) is 0 Å². The van der Waals surface area contributed by atoms with E-state index >= 15 is 0 Å². The zero-order valence-corrected chi connectivity index (χ0v) is 13.6. The van der Waals surface area contributed by atoms with E-state index in [0.717, 1.165) is 36.1 Å². The molecule has 0 aliphatic heterocycles. The maximum absolute atomic E-state index is 4.20. The van der Waals surface area contributed by atoms with Gasteiger partial charge in [0.2, 0.25) is 0 Å². The predicted octanol–water partition coefficient (Wildman–Crippen LogP) is 3.54. The third kappa shape index (κ3) is 3.67. The summed E-state index contributed by atoms with van der Waals surface area (Å²) in [5.41, 5.74) is 2.36. The molecule has 5 heteroatoms. The molecule has 0 bridgehead atoms. The van der Waals surface area contributed by atoms with Crippen LogP contribution in [0.4, 0.5) is 0 Å². The van der Waals surface area contributed by atoms with E-state index in [0.29, 0.717) is 0 Å². The van der Waals surface area contributed by atoms with Gasteiger partial charge in [-0.3, -0.25) is 0 Å². The van der Waals surface area contributed by atoms with E-state index in [2.05, 4.69) is 69.7 Å². The molecular formula is C15H21BrN4. The molecule has 0 aliphatic carbocycles. The molecule has 0 saturated carbocycles. The van der Waals surface area contributed by atoms with Gasteiger partial charge in [0.25, 0.3) is 0 Å². The van der Waals surface area contributed by atoms with Crippen LogP contribution in [0.5, 0.6) is 0 Å². The van der Waals surface area contributed by atoms with Gasteiger partial charge in [-0.1, -0.05) is 47.1 Å². The number of rotatable bonds is 7. The summed E-state index contributed by atoms with van der Waals surface area (Å²) >= 11 is 3.49. The van der Waals surface area contributed by atoms with Crippen LogP contribution in [0.25, 0.3) is 0 Å². The molecule has 0 spiro atoms. The van der Waals surface area contributed by atoms with E-state index in [1.807, 2.05) is 10.9 Å². The Morgan fingerprint density at radius 2 is 1.95 bits per heavy atom. The van der Waals surface area contributed by atoms with Crippen molar-refractivity contribution in [2.45, 2.75) is 39.3 Å². The lowest BCUT2D eigenvalue weighted by Crippen LogP contribution is -2.25. The van der Waals surface area contributed by atoms with Crippen molar-refractivity contribution in [3.63, 3.8) is 0 Å². The van der Waals surface area contributed by atoms with Crippen LogP contribution in [0.2, 0.25) is 0 Å². The average molecular weight is 337 g/mol. The number of benzene rings is 1. The van der Waals surface area contributed by atoms with E-state index in [1.165, 1.54) is 5.56 Å². The maximum atomic E-state index is 4.20. The van der Waals surface area contributed by atoms with E-state index in [9.17, 15) is 0 Å². The lowest BCUT2D eigenvalue weighted by molar-refractivity contribution is 0.504. The van der Waals surface area contributed by atoms with E-state index in [-0.39, 0.29) is 6.04 Å². The molecule has 20 heavy (non-hydrogen) atoms. The predicted molar refractivity (Wildman–Crippen MR) is 84.6 cm³/mol. The fraction of sp³-hybridized carbons (Fsp3) is 0.467. The molecule has 0 radical (unpaired) electrons. The second-order valence-corrected chi connectivity index (χ2v) is 5.74. The van der Waals surface area contributed by atoms with Gasteiger partial charge in [0.1, 0.15) is 0 Å². The minimum Gasteiger partial charge on any atom is -0.305 e. The Hall–Kier alpha value is -1.20. The average Bonchev–Trinajstić information content (AvgIpc) is 2.90. The van der Waals surface area contributed by atoms with Crippen molar-refractivity contribution in [3.8, 4) is 0 Å². The normalized spacial score (nSPS) is 12.6. The highest BCUT2D eigenvalue weighted by molar-refractivity contribution is 9.10. The van der Waals surface area contributed by atoms with E-state index in [1.54, 1.807) is 0 Å². The number of hydrogen-bond donors (Lipinski definition) is 1. The first-order valence-electron chi connectivity index (χ1n) is 7.13. The van der Waals surface area contributed by atoms with Gasteiger partial charge in [-0.25, -0.2) is 4.68 Å². The molecule has 0 aliphatic rings. The van der Waals surface area contributed by atoms with Crippen LogP contribution in [0.3, 0.4) is 0 Å². The highest BCUT2D eigenvalue weighted by atomic mass is 79.9. The molecule has 1 unspecified atom stereocenters. The summed E-state index contributed by atoms with van der Waals surface area (Å²) in [7, 11) is 0. The molecular weight excluding hydrogens is 316 g/mol. The van der Waals surface area contributed by atoms with Crippen molar-refractivity contribution in [3.05, 3.63) is 46.2 Å². The Morgan fingerprint density at radius 3 is 2.60 bits per heavy atom. The van der Waals surface area contributed by atoms with E-state index in [4.69, 9.17) is 0 Å². The molecule has 1 atom stereocenters. The molecule has 0 fully saturated rings. The molecule has 0 amide bonds. The molecule has 0 saturated heterocycles. The molecule has 108 valence electrons. The molecule has 2 aromatic rings. The van der Waals surface area contributed by atoms with Crippen LogP contribution >= 0.6 is 15.9 Å². The minimum absolute atomic E-state index is 0.143. The first-order chi connectivity index (χ1) is 9.76. The van der Waals surface area contributed by atoms with Gasteiger partial charge in [0.05, 0.1) is 17.9 Å². The SMILES string of the molecule is CCCNC(c1ccc(Br)cc1)c1cnnn1CCC. The molecule has 4 nitrogen and oxygen atoms in total. The number of aromatic nitrogens is 3. The molecule has 1 heterocycles. The fourth-order valence-corrected chi connectivity index (χ4v) is 2.48. The summed E-state index contributed by atoms with van der Waals surface area (Å²) in [5, 5.41) is 11.9. The van der Waals surface area contributed by atoms with Crippen LogP contribution in [-0.2, 0) is 6.54 Å². The Kier molecular flexibility index (Phi) is 5.73. The first-order valence-corrected chi connectivity index (χ1v) is 7.92. The van der Waals surface area contributed by atoms with Crippen LogP contribution in [-0.4, -0.2) is 21.5 Å². The van der Waals surface area contributed by atoms with E-state index < -0.39 is 0 Å². The zero-order valence-electron chi connectivity index (χ0n) is 12.0. The highest BCUT2D eigenvalue weighted by Crippen LogP contribution is 2.23. The van der Waals surface area contributed by atoms with Crippen LogP contribution in [0.15, 0.2) is 34.9 Å². The summed E-state index contributed by atoms with van der Waals surface area (Å²) in [6.45, 7) is 6.20. The lowest BCUT2D eigenvalue weighted by atomic mass is 10.0. The third-order valence-corrected chi connectivity index (χ3v) is 3.71. The van der Waals surface area contributed by atoms with Gasteiger partial charge in [0.15, 0.2) is 0 Å². The van der Waals surface area contributed by atoms with Crippen LogP contribution in [0.1, 0.15) is 44.0 Å². The van der Waals surface area contributed by atoms with Crippen molar-refractivity contribution in [1.29, 1.82) is 0 Å². The number of nitrogens with one attached hydrogen (secondary N) is 1. The summed E-state index contributed by atoms with van der Waals surface area (Å²) in [4.78, 5) is 0. The number of nitrogens with zero attached hydrogens (tertiary/aromatic N) is 3. The summed E-state index contributed by atoms with van der Waals surface area (Å²) in [6, 6.07) is 8.57. The first kappa shape index (κ1) is 15.2. The minimum atomic E-state index is 0.143. The summed E-state index contributed by atoms with van der Waals surface area (Å²) < 4.78 is 3.09. The molecule has 2 rings (SSSR count). The molecule has 1 aromatic heterocycles. The van der Waals surface area contributed by atoms with Crippen molar-refractivity contribution in [2.75, 3.05) is 6.54 Å². The van der Waals surface area contributed by atoms with Crippen molar-refractivity contribution in [1.82, 2.24) is 20.3 Å². The second-order valence-electron chi connectivity index (χ2n) is 4.82. The van der Waals surface area contributed by atoms with Gasteiger partial charge in [-0.15, -0.1) is 5.10 Å². The lowest BCUT2D eigenvalue weighted by Gasteiger charge is -2.19. The quantitative estimate of drug-likeness (QED) is 0.840. The molecule has 1 aromatic carbocycles. The largest absolute Gasteiger partial charge is 0.305 e. The van der Waals surface area contributed by atoms with Gasteiger partial charge in [-0.2, -0.15) is 0 Å². The van der Waals surface area contributed by atoms with Crippen LogP contribution in [0, 0.1) is 0 Å². The van der Waals surface area contributed by atoms with Gasteiger partial charge in [-0.05, 0) is 37.1 Å². The fourth-order valence-electron chi connectivity index (χ4n) is 2.21. The highest BCUT2D eigenvalue weighted by Gasteiger charge is 2.18. The maximum Gasteiger partial charge on any atom is 0.0801 e. The third-order valence-electron chi connectivity index (χ3n) is 3.18. The Morgan fingerprint density at radius 1 is 1.20 bits per heavy atom. The number of halogens is 1. The van der Waals surface area contributed by atoms with Gasteiger partial charge in [0, 0.05) is 11.0 Å². The zero-order chi connectivity index (χ0) is 14.4. The number of aryl methyl sites for hydroxylation is 1. The standard InChI is InChI=1S/C15H21BrN4/c1-3-9-17-15(12-5-7-13(16)8-6-12)14-11-18-19-20(14)10-4-2/h5-8,11,15,17H,3-4,9-10H2,1-2H3. The van der Waals surface area contributed by atoms with Crippen molar-refractivity contribution < 1.29 is 0 Å². The summed E-state index contributed by atoms with van der Waals surface area (Å²) in [5.74, 6) is 0. The Bertz CT molecular complexity index is 521. The van der Waals surface area contributed by atoms with Crippen molar-refractivity contribution >= 4 is 15.9 Å². The van der Waals surface area contributed by atoms with Crippen LogP contribution < -0.4 is 5.32 Å². The Labute approximate surface area is 128 Å². The smallest absolute Gasteiger partial charge is 0.0801 e. The van der Waals surface area contributed by atoms with Gasteiger partial charge < -0.3 is 5.32 Å². The number of hydrogen-bond acceptors (Lipinski definition) is 3. The topological polar surface area (TPSA) is 42.7 Å². The summed E-state index contributed by atoms with van der Waals surface area (Å²) in [6.07, 6.45) is 4.02. The molecule has 1 N–H and O–H groups in total. The Balaban J connectivity index is 2.31. The second kappa shape index (κ2) is 7.55. The monoisotopic (exact) mass is 336 g/mol. The van der Waals surface area contributed by atoms with Gasteiger partial charge >= 0.3 is 0 Å².